The highest BCUT2D eigenvalue weighted by Crippen LogP contribution is 2.45. The zero-order valence-electron chi connectivity index (χ0n) is 15.2. The lowest BCUT2D eigenvalue weighted by molar-refractivity contribution is -0.149. The highest BCUT2D eigenvalue weighted by molar-refractivity contribution is 5.77. The van der Waals surface area contributed by atoms with Gasteiger partial charge in [-0.2, -0.15) is 0 Å². The molecule has 0 spiro atoms. The van der Waals surface area contributed by atoms with Crippen LogP contribution in [-0.2, 0) is 11.3 Å². The molecule has 4 rings (SSSR count). The third-order valence-electron chi connectivity index (χ3n) is 6.73. The summed E-state index contributed by atoms with van der Waals surface area (Å²) in [6.45, 7) is 6.10. The summed E-state index contributed by atoms with van der Waals surface area (Å²) in [5.41, 5.74) is 1.69. The van der Waals surface area contributed by atoms with Crippen LogP contribution < -0.4 is 0 Å². The summed E-state index contributed by atoms with van der Waals surface area (Å²) in [5.74, 6) is -0.342. The van der Waals surface area contributed by atoms with Crippen molar-refractivity contribution in [2.45, 2.75) is 51.6 Å². The molecule has 2 atom stereocenters. The van der Waals surface area contributed by atoms with Gasteiger partial charge in [0, 0.05) is 56.6 Å². The van der Waals surface area contributed by atoms with Crippen LogP contribution in [0.4, 0.5) is 0 Å². The van der Waals surface area contributed by atoms with Crippen molar-refractivity contribution in [1.29, 1.82) is 0 Å². The molecule has 3 heterocycles. The molecule has 3 aliphatic rings. The van der Waals surface area contributed by atoms with Crippen LogP contribution in [0.2, 0.25) is 0 Å². The van der Waals surface area contributed by atoms with Crippen molar-refractivity contribution in [2.75, 3.05) is 26.2 Å². The molecular formula is C20H29N3O2. The predicted molar refractivity (Wildman–Crippen MR) is 96.3 cm³/mol. The number of carbonyl (C=O) groups is 1. The molecular weight excluding hydrogens is 314 g/mol. The fraction of sp³-hybridized carbons (Fsp3) is 0.700. The summed E-state index contributed by atoms with van der Waals surface area (Å²) < 4.78 is 0. The van der Waals surface area contributed by atoms with Crippen LogP contribution in [0.15, 0.2) is 18.3 Å². The van der Waals surface area contributed by atoms with Crippen molar-refractivity contribution in [3.63, 3.8) is 0 Å². The van der Waals surface area contributed by atoms with E-state index in [1.54, 1.807) is 0 Å². The lowest BCUT2D eigenvalue weighted by atomic mass is 9.81. The molecule has 5 nitrogen and oxygen atoms in total. The van der Waals surface area contributed by atoms with Crippen molar-refractivity contribution in [1.82, 2.24) is 14.8 Å². The van der Waals surface area contributed by atoms with E-state index in [0.29, 0.717) is 12.6 Å². The Balaban J connectivity index is 1.47. The third kappa shape index (κ3) is 3.08. The van der Waals surface area contributed by atoms with E-state index in [1.165, 1.54) is 37.7 Å². The van der Waals surface area contributed by atoms with Crippen molar-refractivity contribution in [3.8, 4) is 0 Å². The van der Waals surface area contributed by atoms with Gasteiger partial charge < -0.3 is 5.11 Å². The maximum absolute atomic E-state index is 12.2. The van der Waals surface area contributed by atoms with E-state index in [1.807, 2.05) is 19.2 Å². The molecule has 5 heteroatoms. The molecule has 1 aliphatic carbocycles. The van der Waals surface area contributed by atoms with Gasteiger partial charge in [-0.05, 0) is 31.4 Å². The number of aromatic nitrogens is 1. The monoisotopic (exact) mass is 343 g/mol. The van der Waals surface area contributed by atoms with Crippen LogP contribution in [0.25, 0.3) is 0 Å². The molecule has 3 fully saturated rings. The summed E-state index contributed by atoms with van der Waals surface area (Å²) in [6, 6.07) is 4.69. The molecule has 0 bridgehead atoms. The normalized spacial score (nSPS) is 31.3. The first-order chi connectivity index (χ1) is 12.1. The molecule has 1 aromatic heterocycles. The number of hydrogen-bond donors (Lipinski definition) is 1. The van der Waals surface area contributed by atoms with Gasteiger partial charge in [0.05, 0.1) is 5.41 Å². The van der Waals surface area contributed by atoms with Gasteiger partial charge >= 0.3 is 5.97 Å². The average Bonchev–Trinajstić information content (AvgIpc) is 3.13. The maximum atomic E-state index is 12.2. The molecule has 2 saturated heterocycles. The molecule has 0 radical (unpaired) electrons. The number of aryl methyl sites for hydroxylation is 1. The Labute approximate surface area is 150 Å². The Hall–Kier alpha value is -1.46. The number of carboxylic acids is 1. The van der Waals surface area contributed by atoms with Crippen molar-refractivity contribution in [3.05, 3.63) is 29.6 Å². The van der Waals surface area contributed by atoms with Gasteiger partial charge in [-0.3, -0.25) is 19.6 Å². The first kappa shape index (κ1) is 17.0. The lowest BCUT2D eigenvalue weighted by Gasteiger charge is -2.33. The van der Waals surface area contributed by atoms with Crippen molar-refractivity contribution in [2.24, 2.45) is 11.3 Å². The number of aliphatic carboxylic acids is 1. The van der Waals surface area contributed by atoms with Gasteiger partial charge in [-0.25, -0.2) is 0 Å². The number of rotatable bonds is 4. The second kappa shape index (κ2) is 6.69. The molecule has 1 saturated carbocycles. The minimum absolute atomic E-state index is 0.254. The number of hydrogen-bond acceptors (Lipinski definition) is 4. The largest absolute Gasteiger partial charge is 0.481 e. The fourth-order valence-electron chi connectivity index (χ4n) is 5.28. The van der Waals surface area contributed by atoms with Crippen LogP contribution in [0.5, 0.6) is 0 Å². The minimum Gasteiger partial charge on any atom is -0.481 e. The number of fused-ring (bicyclic) bond motifs is 1. The topological polar surface area (TPSA) is 56.7 Å². The summed E-state index contributed by atoms with van der Waals surface area (Å²) in [5, 5.41) is 10.1. The lowest BCUT2D eigenvalue weighted by Crippen LogP contribution is -2.43. The number of nitrogens with zero attached hydrogens (tertiary/aromatic N) is 3. The molecule has 0 amide bonds. The SMILES string of the molecule is Cc1ncccc1CN1CC2CN(C3CCCCC3)CC2(C(=O)O)C1. The molecule has 2 aliphatic heterocycles. The molecule has 0 aromatic carbocycles. The van der Waals surface area contributed by atoms with Crippen LogP contribution in [0, 0.1) is 18.3 Å². The molecule has 2 unspecified atom stereocenters. The van der Waals surface area contributed by atoms with E-state index in [9.17, 15) is 9.90 Å². The smallest absolute Gasteiger partial charge is 0.312 e. The zero-order valence-corrected chi connectivity index (χ0v) is 15.2. The quantitative estimate of drug-likeness (QED) is 0.910. The van der Waals surface area contributed by atoms with Crippen LogP contribution in [0.1, 0.15) is 43.4 Å². The summed E-state index contributed by atoms with van der Waals surface area (Å²) in [4.78, 5) is 21.4. The molecule has 25 heavy (non-hydrogen) atoms. The summed E-state index contributed by atoms with van der Waals surface area (Å²) in [7, 11) is 0. The van der Waals surface area contributed by atoms with Crippen LogP contribution in [-0.4, -0.2) is 58.1 Å². The van der Waals surface area contributed by atoms with Gasteiger partial charge in [0.25, 0.3) is 0 Å². The van der Waals surface area contributed by atoms with E-state index in [-0.39, 0.29) is 5.92 Å². The van der Waals surface area contributed by atoms with Gasteiger partial charge in [0.2, 0.25) is 0 Å². The first-order valence-corrected chi connectivity index (χ1v) is 9.69. The van der Waals surface area contributed by atoms with Crippen molar-refractivity contribution < 1.29 is 9.90 Å². The van der Waals surface area contributed by atoms with E-state index in [0.717, 1.165) is 31.9 Å². The van der Waals surface area contributed by atoms with E-state index in [4.69, 9.17) is 0 Å². The van der Waals surface area contributed by atoms with Crippen LogP contribution >= 0.6 is 0 Å². The van der Waals surface area contributed by atoms with Gasteiger partial charge in [-0.1, -0.05) is 25.3 Å². The fourth-order valence-corrected chi connectivity index (χ4v) is 5.28. The Bertz CT molecular complexity index is 644. The molecule has 1 aromatic rings. The number of carboxylic acid groups (broad SMARTS) is 1. The van der Waals surface area contributed by atoms with Gasteiger partial charge in [0.1, 0.15) is 0 Å². The Morgan fingerprint density at radius 3 is 2.76 bits per heavy atom. The second-order valence-electron chi connectivity index (χ2n) is 8.30. The Kier molecular flexibility index (Phi) is 4.54. The first-order valence-electron chi connectivity index (χ1n) is 9.69. The average molecular weight is 343 g/mol. The molecule has 136 valence electrons. The standard InChI is InChI=1S/C20H29N3O2/c1-15-16(6-5-9-21-15)10-22-11-17-12-23(18-7-3-2-4-8-18)14-20(17,13-22)19(24)25/h5-6,9,17-18H,2-4,7-8,10-14H2,1H3,(H,24,25). The number of likely N-dealkylation sites (tertiary alicyclic amines) is 2. The van der Waals surface area contributed by atoms with Gasteiger partial charge in [0.15, 0.2) is 0 Å². The van der Waals surface area contributed by atoms with Gasteiger partial charge in [-0.15, -0.1) is 0 Å². The highest BCUT2D eigenvalue weighted by Gasteiger charge is 2.58. The van der Waals surface area contributed by atoms with Crippen molar-refractivity contribution >= 4 is 5.97 Å². The Morgan fingerprint density at radius 1 is 1.28 bits per heavy atom. The van der Waals surface area contributed by atoms with E-state index in [2.05, 4.69) is 20.9 Å². The maximum Gasteiger partial charge on any atom is 0.312 e. The number of pyridine rings is 1. The zero-order chi connectivity index (χ0) is 17.4. The predicted octanol–water partition coefficient (Wildman–Crippen LogP) is 2.54. The summed E-state index contributed by atoms with van der Waals surface area (Å²) in [6.07, 6.45) is 8.27. The van der Waals surface area contributed by atoms with E-state index >= 15 is 0 Å². The minimum atomic E-state index is -0.596. The second-order valence-corrected chi connectivity index (χ2v) is 8.30. The highest BCUT2D eigenvalue weighted by atomic mass is 16.4. The molecule has 1 N–H and O–H groups in total. The summed E-state index contributed by atoms with van der Waals surface area (Å²) >= 11 is 0. The third-order valence-corrected chi connectivity index (χ3v) is 6.73. The Morgan fingerprint density at radius 2 is 2.08 bits per heavy atom. The van der Waals surface area contributed by atoms with Crippen LogP contribution in [0.3, 0.4) is 0 Å². The van der Waals surface area contributed by atoms with E-state index < -0.39 is 11.4 Å².